The minimum Gasteiger partial charge on any atom is -0.371 e. The summed E-state index contributed by atoms with van der Waals surface area (Å²) >= 11 is 0. The molecule has 4 rings (SSSR count). The number of morpholine rings is 1. The minimum atomic E-state index is -0.0888. The lowest BCUT2D eigenvalue weighted by molar-refractivity contribution is -0.0882. The van der Waals surface area contributed by atoms with E-state index in [0.717, 1.165) is 55.7 Å². The van der Waals surface area contributed by atoms with Crippen molar-refractivity contribution in [3.05, 3.63) is 34.7 Å². The molecule has 6 heteroatoms. The van der Waals surface area contributed by atoms with Crippen molar-refractivity contribution >= 4 is 16.7 Å². The number of piperidine rings is 1. The van der Waals surface area contributed by atoms with E-state index in [1.165, 1.54) is 0 Å². The van der Waals surface area contributed by atoms with Gasteiger partial charge in [0.1, 0.15) is 5.52 Å². The van der Waals surface area contributed by atoms with Crippen LogP contribution >= 0.6 is 0 Å². The Bertz CT molecular complexity index is 765. The number of anilines is 1. The van der Waals surface area contributed by atoms with Gasteiger partial charge in [0.05, 0.1) is 23.4 Å². The van der Waals surface area contributed by atoms with Gasteiger partial charge in [0.15, 0.2) is 0 Å². The average Bonchev–Trinajstić information content (AvgIpc) is 2.57. The lowest BCUT2D eigenvalue weighted by atomic mass is 9.89. The molecule has 0 bridgehead atoms. The number of H-pyrrole nitrogens is 1. The quantitative estimate of drug-likeness (QED) is 0.858. The number of fused-ring (bicyclic) bond motifs is 1. The molecular formula is C17H22N4O2. The number of aromatic nitrogens is 2. The third kappa shape index (κ3) is 2.72. The SMILES string of the molecule is CN1CCC2(CC1)CN(c1cc(=O)[nH]c3cccnc13)CCO2. The van der Waals surface area contributed by atoms with Crippen molar-refractivity contribution in [3.8, 4) is 0 Å². The Hall–Kier alpha value is -1.92. The first-order valence-electron chi connectivity index (χ1n) is 8.21. The first-order valence-corrected chi connectivity index (χ1v) is 8.21. The van der Waals surface area contributed by atoms with Crippen LogP contribution in [0.5, 0.6) is 0 Å². The average molecular weight is 314 g/mol. The highest BCUT2D eigenvalue weighted by molar-refractivity contribution is 5.87. The van der Waals surface area contributed by atoms with Crippen LogP contribution in [0.1, 0.15) is 12.8 Å². The number of ether oxygens (including phenoxy) is 1. The van der Waals surface area contributed by atoms with E-state index in [2.05, 4.69) is 26.8 Å². The molecule has 0 atom stereocenters. The number of likely N-dealkylation sites (tertiary alicyclic amines) is 1. The molecule has 2 aliphatic heterocycles. The molecule has 0 unspecified atom stereocenters. The zero-order chi connectivity index (χ0) is 15.9. The van der Waals surface area contributed by atoms with Crippen molar-refractivity contribution in [1.82, 2.24) is 14.9 Å². The zero-order valence-electron chi connectivity index (χ0n) is 13.4. The molecule has 0 aromatic carbocycles. The highest BCUT2D eigenvalue weighted by atomic mass is 16.5. The second-order valence-electron chi connectivity index (χ2n) is 6.67. The van der Waals surface area contributed by atoms with Crippen LogP contribution in [-0.4, -0.2) is 60.3 Å². The van der Waals surface area contributed by atoms with Crippen molar-refractivity contribution in [2.24, 2.45) is 0 Å². The molecule has 2 saturated heterocycles. The van der Waals surface area contributed by atoms with Crippen LogP contribution in [0, 0.1) is 0 Å². The molecule has 0 saturated carbocycles. The lowest BCUT2D eigenvalue weighted by Gasteiger charge is -2.47. The maximum Gasteiger partial charge on any atom is 0.250 e. The van der Waals surface area contributed by atoms with Gasteiger partial charge in [-0.25, -0.2) is 0 Å². The summed E-state index contributed by atoms with van der Waals surface area (Å²) in [5.74, 6) is 0. The molecule has 2 aromatic heterocycles. The van der Waals surface area contributed by atoms with Gasteiger partial charge in [0.2, 0.25) is 0 Å². The minimum absolute atomic E-state index is 0.0792. The maximum atomic E-state index is 12.0. The van der Waals surface area contributed by atoms with Gasteiger partial charge in [-0.2, -0.15) is 0 Å². The van der Waals surface area contributed by atoms with Crippen molar-refractivity contribution in [3.63, 3.8) is 0 Å². The van der Waals surface area contributed by atoms with E-state index in [1.54, 1.807) is 12.3 Å². The topological polar surface area (TPSA) is 61.5 Å². The van der Waals surface area contributed by atoms with Crippen LogP contribution in [0.4, 0.5) is 5.69 Å². The smallest absolute Gasteiger partial charge is 0.250 e. The molecule has 1 spiro atoms. The predicted molar refractivity (Wildman–Crippen MR) is 90.0 cm³/mol. The summed E-state index contributed by atoms with van der Waals surface area (Å²) < 4.78 is 6.17. The Morgan fingerprint density at radius 1 is 1.30 bits per heavy atom. The maximum absolute atomic E-state index is 12.0. The molecule has 6 nitrogen and oxygen atoms in total. The summed E-state index contributed by atoms with van der Waals surface area (Å²) in [7, 11) is 2.15. The fourth-order valence-electron chi connectivity index (χ4n) is 3.69. The third-order valence-electron chi connectivity index (χ3n) is 5.06. The summed E-state index contributed by atoms with van der Waals surface area (Å²) in [6, 6.07) is 5.42. The van der Waals surface area contributed by atoms with Crippen molar-refractivity contribution in [2.75, 3.05) is 44.7 Å². The fourth-order valence-corrected chi connectivity index (χ4v) is 3.69. The fraction of sp³-hybridized carbons (Fsp3) is 0.529. The number of nitrogens with zero attached hydrogens (tertiary/aromatic N) is 3. The van der Waals surface area contributed by atoms with Gasteiger partial charge in [-0.05, 0) is 32.0 Å². The second kappa shape index (κ2) is 5.62. The standard InChI is InChI=1S/C17H22N4O2/c1-20-7-4-17(5-8-20)12-21(9-10-23-17)14-11-15(22)19-13-3-2-6-18-16(13)14/h2-3,6,11H,4-5,7-10,12H2,1H3,(H,19,22). The van der Waals surface area contributed by atoms with Crippen LogP contribution in [0.15, 0.2) is 29.2 Å². The number of aromatic amines is 1. The van der Waals surface area contributed by atoms with E-state index in [0.29, 0.717) is 6.61 Å². The number of hydrogen-bond acceptors (Lipinski definition) is 5. The van der Waals surface area contributed by atoms with Crippen molar-refractivity contribution in [2.45, 2.75) is 18.4 Å². The Morgan fingerprint density at radius 2 is 2.13 bits per heavy atom. The molecule has 2 aromatic rings. The van der Waals surface area contributed by atoms with Crippen LogP contribution in [0.3, 0.4) is 0 Å². The Balaban J connectivity index is 1.69. The monoisotopic (exact) mass is 314 g/mol. The Labute approximate surface area is 135 Å². The molecule has 4 heterocycles. The number of nitrogens with one attached hydrogen (secondary N) is 1. The largest absolute Gasteiger partial charge is 0.371 e. The molecule has 23 heavy (non-hydrogen) atoms. The van der Waals surface area contributed by atoms with Gasteiger partial charge in [-0.3, -0.25) is 9.78 Å². The van der Waals surface area contributed by atoms with Crippen LogP contribution < -0.4 is 10.5 Å². The number of pyridine rings is 2. The van der Waals surface area contributed by atoms with Crippen LogP contribution in [-0.2, 0) is 4.74 Å². The van der Waals surface area contributed by atoms with Gasteiger partial charge >= 0.3 is 0 Å². The highest BCUT2D eigenvalue weighted by Gasteiger charge is 2.39. The van der Waals surface area contributed by atoms with E-state index < -0.39 is 0 Å². The number of rotatable bonds is 1. The predicted octanol–water partition coefficient (Wildman–Crippen LogP) is 1.22. The van der Waals surface area contributed by atoms with Crippen molar-refractivity contribution in [1.29, 1.82) is 0 Å². The van der Waals surface area contributed by atoms with Gasteiger partial charge in [-0.15, -0.1) is 0 Å². The van der Waals surface area contributed by atoms with Crippen molar-refractivity contribution < 1.29 is 4.74 Å². The van der Waals surface area contributed by atoms with Gasteiger partial charge < -0.3 is 19.5 Å². The molecule has 2 aliphatic rings. The zero-order valence-corrected chi connectivity index (χ0v) is 13.4. The molecule has 0 radical (unpaired) electrons. The molecule has 0 amide bonds. The summed E-state index contributed by atoms with van der Waals surface area (Å²) in [5, 5.41) is 0. The van der Waals surface area contributed by atoms with Gasteiger partial charge in [0, 0.05) is 38.4 Å². The van der Waals surface area contributed by atoms with E-state index >= 15 is 0 Å². The third-order valence-corrected chi connectivity index (χ3v) is 5.06. The number of hydrogen-bond donors (Lipinski definition) is 1. The highest BCUT2D eigenvalue weighted by Crippen LogP contribution is 2.33. The lowest BCUT2D eigenvalue weighted by Crippen LogP contribution is -2.56. The summed E-state index contributed by atoms with van der Waals surface area (Å²) in [4.78, 5) is 24.0. The molecule has 2 fully saturated rings. The van der Waals surface area contributed by atoms with Crippen LogP contribution in [0.25, 0.3) is 11.0 Å². The summed E-state index contributed by atoms with van der Waals surface area (Å²) in [6.45, 7) is 4.44. The van der Waals surface area contributed by atoms with E-state index in [4.69, 9.17) is 4.74 Å². The Morgan fingerprint density at radius 3 is 2.96 bits per heavy atom. The van der Waals surface area contributed by atoms with E-state index in [-0.39, 0.29) is 11.2 Å². The first kappa shape index (κ1) is 14.7. The molecule has 122 valence electrons. The molecule has 1 N–H and O–H groups in total. The molecular weight excluding hydrogens is 292 g/mol. The molecule has 0 aliphatic carbocycles. The normalized spacial score (nSPS) is 21.9. The Kier molecular flexibility index (Phi) is 3.58. The first-order chi connectivity index (χ1) is 11.2. The van der Waals surface area contributed by atoms with Crippen LogP contribution in [0.2, 0.25) is 0 Å². The summed E-state index contributed by atoms with van der Waals surface area (Å²) in [5.41, 5.74) is 2.40. The van der Waals surface area contributed by atoms with Gasteiger partial charge in [-0.1, -0.05) is 0 Å². The van der Waals surface area contributed by atoms with E-state index in [1.807, 2.05) is 12.1 Å². The summed E-state index contributed by atoms with van der Waals surface area (Å²) in [6.07, 6.45) is 3.85. The van der Waals surface area contributed by atoms with E-state index in [9.17, 15) is 4.79 Å². The second-order valence-corrected chi connectivity index (χ2v) is 6.67. The van der Waals surface area contributed by atoms with Gasteiger partial charge in [0.25, 0.3) is 5.56 Å².